The first-order valence-electron chi connectivity index (χ1n) is 4.98. The van der Waals surface area contributed by atoms with Crippen LogP contribution >= 0.6 is 0 Å². The summed E-state index contributed by atoms with van der Waals surface area (Å²) in [4.78, 5) is 23.0. The Bertz CT molecular complexity index is 506. The highest BCUT2D eigenvalue weighted by Gasteiger charge is 2.33. The summed E-state index contributed by atoms with van der Waals surface area (Å²) >= 11 is 0. The Hall–Kier alpha value is -1.84. The van der Waals surface area contributed by atoms with Gasteiger partial charge in [0.25, 0.3) is 11.8 Å². The minimum absolute atomic E-state index is 0.270. The van der Waals surface area contributed by atoms with Crippen LogP contribution in [0.3, 0.4) is 0 Å². The van der Waals surface area contributed by atoms with Crippen LogP contribution in [0.2, 0.25) is 0 Å². The number of hydrogen-bond donors (Lipinski definition) is 2. The summed E-state index contributed by atoms with van der Waals surface area (Å²) in [7, 11) is 0. The number of fused-ring (bicyclic) bond motifs is 3. The lowest BCUT2D eigenvalue weighted by atomic mass is 9.97. The van der Waals surface area contributed by atoms with Gasteiger partial charge in [-0.15, -0.1) is 0 Å². The third-order valence-corrected chi connectivity index (χ3v) is 3.14. The summed E-state index contributed by atoms with van der Waals surface area (Å²) in [5, 5.41) is 2.31. The fourth-order valence-electron chi connectivity index (χ4n) is 2.49. The summed E-state index contributed by atoms with van der Waals surface area (Å²) in [6.45, 7) is 0. The van der Waals surface area contributed by atoms with Crippen LogP contribution in [0.25, 0.3) is 0 Å². The maximum Gasteiger partial charge on any atom is 0.259 e. The third-order valence-electron chi connectivity index (χ3n) is 3.14. The summed E-state index contributed by atoms with van der Waals surface area (Å²) in [5.41, 5.74) is 9.54. The lowest BCUT2D eigenvalue weighted by Gasteiger charge is -2.07. The molecular weight excluding hydrogens is 192 g/mol. The molecule has 15 heavy (non-hydrogen) atoms. The quantitative estimate of drug-likeness (QED) is 0.479. The van der Waals surface area contributed by atoms with E-state index in [1.807, 2.05) is 0 Å². The predicted octanol–water partition coefficient (Wildman–Crippen LogP) is 0.641. The minimum Gasteiger partial charge on any atom is -0.398 e. The molecule has 1 heterocycles. The van der Waals surface area contributed by atoms with Gasteiger partial charge < -0.3 is 5.73 Å². The molecule has 0 atom stereocenters. The summed E-state index contributed by atoms with van der Waals surface area (Å²) in [6.07, 6.45) is 2.77. The molecule has 76 valence electrons. The van der Waals surface area contributed by atoms with E-state index >= 15 is 0 Å². The first-order chi connectivity index (χ1) is 7.18. The molecule has 3 rings (SSSR count). The second-order valence-corrected chi connectivity index (χ2v) is 3.98. The molecule has 1 aliphatic carbocycles. The second kappa shape index (κ2) is 2.59. The number of hydrogen-bond acceptors (Lipinski definition) is 3. The molecule has 4 heteroatoms. The standard InChI is InChI=1S/C11H10N2O2/c12-8-4-7-9(11(15)13-10(7)14)6-3-1-2-5(6)8/h4H,1-3,12H2,(H,13,14,15). The van der Waals surface area contributed by atoms with Crippen molar-refractivity contribution in [2.75, 3.05) is 5.73 Å². The molecule has 0 radical (unpaired) electrons. The largest absolute Gasteiger partial charge is 0.398 e. The number of nitrogens with two attached hydrogens (primary N) is 1. The van der Waals surface area contributed by atoms with Gasteiger partial charge in [-0.2, -0.15) is 0 Å². The molecule has 3 N–H and O–H groups in total. The average Bonchev–Trinajstić information content (AvgIpc) is 2.73. The van der Waals surface area contributed by atoms with E-state index in [9.17, 15) is 9.59 Å². The number of nitrogen functional groups attached to an aromatic ring is 1. The highest BCUT2D eigenvalue weighted by molar-refractivity contribution is 6.22. The first-order valence-corrected chi connectivity index (χ1v) is 4.98. The van der Waals surface area contributed by atoms with Gasteiger partial charge in [0, 0.05) is 5.69 Å². The van der Waals surface area contributed by atoms with Crippen LogP contribution in [0, 0.1) is 0 Å². The second-order valence-electron chi connectivity index (χ2n) is 3.98. The van der Waals surface area contributed by atoms with Gasteiger partial charge in [0.05, 0.1) is 11.1 Å². The van der Waals surface area contributed by atoms with Crippen LogP contribution in [-0.4, -0.2) is 11.8 Å². The molecular formula is C11H10N2O2. The van der Waals surface area contributed by atoms with Gasteiger partial charge in [-0.1, -0.05) is 0 Å². The van der Waals surface area contributed by atoms with Crippen LogP contribution in [0.5, 0.6) is 0 Å². The van der Waals surface area contributed by atoms with E-state index in [1.54, 1.807) is 6.07 Å². The zero-order chi connectivity index (χ0) is 10.6. The number of imide groups is 1. The van der Waals surface area contributed by atoms with E-state index in [-0.39, 0.29) is 11.8 Å². The smallest absolute Gasteiger partial charge is 0.259 e. The monoisotopic (exact) mass is 202 g/mol. The van der Waals surface area contributed by atoms with Crippen LogP contribution in [0.4, 0.5) is 5.69 Å². The number of carbonyl (C=O) groups is 2. The maximum absolute atomic E-state index is 11.6. The Morgan fingerprint density at radius 2 is 1.87 bits per heavy atom. The topological polar surface area (TPSA) is 72.2 Å². The fourth-order valence-corrected chi connectivity index (χ4v) is 2.49. The Balaban J connectivity index is 2.37. The Morgan fingerprint density at radius 3 is 2.67 bits per heavy atom. The van der Waals surface area contributed by atoms with E-state index < -0.39 is 0 Å². The summed E-state index contributed by atoms with van der Waals surface area (Å²) in [6, 6.07) is 1.62. The van der Waals surface area contributed by atoms with Gasteiger partial charge >= 0.3 is 0 Å². The van der Waals surface area contributed by atoms with Gasteiger partial charge in [0.15, 0.2) is 0 Å². The summed E-state index contributed by atoms with van der Waals surface area (Å²) in [5.74, 6) is -0.593. The molecule has 1 aliphatic heterocycles. The number of anilines is 1. The molecule has 2 aliphatic rings. The Morgan fingerprint density at radius 1 is 1.13 bits per heavy atom. The van der Waals surface area contributed by atoms with Crippen molar-refractivity contribution in [3.05, 3.63) is 28.3 Å². The molecule has 0 saturated carbocycles. The lowest BCUT2D eigenvalue weighted by molar-refractivity contribution is 0.0879. The highest BCUT2D eigenvalue weighted by Crippen LogP contribution is 2.34. The van der Waals surface area contributed by atoms with Crippen molar-refractivity contribution < 1.29 is 9.59 Å². The Labute approximate surface area is 86.5 Å². The maximum atomic E-state index is 11.6. The van der Waals surface area contributed by atoms with Crippen LogP contribution < -0.4 is 11.1 Å². The molecule has 0 bridgehead atoms. The SMILES string of the molecule is Nc1cc2c(c3c1CCC3)C(=O)NC2=O. The number of nitrogens with one attached hydrogen (secondary N) is 1. The molecule has 0 spiro atoms. The van der Waals surface area contributed by atoms with Crippen molar-refractivity contribution >= 4 is 17.5 Å². The normalized spacial score (nSPS) is 17.6. The van der Waals surface area contributed by atoms with E-state index in [0.717, 1.165) is 30.4 Å². The van der Waals surface area contributed by atoms with Crippen LogP contribution in [0.15, 0.2) is 6.07 Å². The number of amides is 2. The molecule has 0 saturated heterocycles. The van der Waals surface area contributed by atoms with Gasteiger partial charge in [-0.25, -0.2) is 0 Å². The number of benzene rings is 1. The number of carbonyl (C=O) groups excluding carboxylic acids is 2. The Kier molecular flexibility index (Phi) is 1.46. The molecule has 4 nitrogen and oxygen atoms in total. The van der Waals surface area contributed by atoms with Crippen molar-refractivity contribution in [1.29, 1.82) is 0 Å². The van der Waals surface area contributed by atoms with Crippen molar-refractivity contribution in [3.63, 3.8) is 0 Å². The average molecular weight is 202 g/mol. The zero-order valence-electron chi connectivity index (χ0n) is 8.09. The van der Waals surface area contributed by atoms with Crippen molar-refractivity contribution in [1.82, 2.24) is 5.32 Å². The van der Waals surface area contributed by atoms with E-state index in [4.69, 9.17) is 5.73 Å². The van der Waals surface area contributed by atoms with E-state index in [0.29, 0.717) is 16.8 Å². The van der Waals surface area contributed by atoms with Gasteiger partial charge in [0.1, 0.15) is 0 Å². The van der Waals surface area contributed by atoms with Crippen LogP contribution in [0.1, 0.15) is 38.3 Å². The van der Waals surface area contributed by atoms with Crippen molar-refractivity contribution in [2.24, 2.45) is 0 Å². The van der Waals surface area contributed by atoms with E-state index in [2.05, 4.69) is 5.32 Å². The van der Waals surface area contributed by atoms with E-state index in [1.165, 1.54) is 0 Å². The molecule has 0 aromatic heterocycles. The molecule has 1 aromatic carbocycles. The summed E-state index contributed by atoms with van der Waals surface area (Å²) < 4.78 is 0. The first kappa shape index (κ1) is 8.47. The molecule has 0 fully saturated rings. The molecule has 1 aromatic rings. The van der Waals surface area contributed by atoms with Crippen LogP contribution in [-0.2, 0) is 12.8 Å². The van der Waals surface area contributed by atoms with Gasteiger partial charge in [-0.3, -0.25) is 14.9 Å². The van der Waals surface area contributed by atoms with Gasteiger partial charge in [-0.05, 0) is 36.5 Å². The molecule has 2 amide bonds. The lowest BCUT2D eigenvalue weighted by Crippen LogP contribution is -2.20. The zero-order valence-corrected chi connectivity index (χ0v) is 8.09. The minimum atomic E-state index is -0.323. The third kappa shape index (κ3) is 0.960. The van der Waals surface area contributed by atoms with Crippen molar-refractivity contribution in [3.8, 4) is 0 Å². The number of rotatable bonds is 0. The van der Waals surface area contributed by atoms with Crippen molar-refractivity contribution in [2.45, 2.75) is 19.3 Å². The molecule has 0 unspecified atom stereocenters. The predicted molar refractivity (Wildman–Crippen MR) is 54.7 cm³/mol. The highest BCUT2D eigenvalue weighted by atomic mass is 16.2. The fraction of sp³-hybridized carbons (Fsp3) is 0.273. The van der Waals surface area contributed by atoms with Gasteiger partial charge in [0.2, 0.25) is 0 Å².